The molecule has 18 heavy (non-hydrogen) atoms. The van der Waals surface area contributed by atoms with Crippen molar-refractivity contribution in [1.29, 1.82) is 0 Å². The van der Waals surface area contributed by atoms with Crippen LogP contribution in [0.2, 0.25) is 0 Å². The SMILES string of the molecule is CCNc1cc(CC)nc(C2SCCSC2C)n1. The van der Waals surface area contributed by atoms with Crippen LogP contribution in [0.3, 0.4) is 0 Å². The standard InChI is InChI=1S/C13H21N3S2/c1-4-10-8-11(14-5-2)16-13(15-10)12-9(3)17-6-7-18-12/h8-9,12H,4-7H2,1-3H3,(H,14,15,16). The predicted molar refractivity (Wildman–Crippen MR) is 82.7 cm³/mol. The van der Waals surface area contributed by atoms with Gasteiger partial charge >= 0.3 is 0 Å². The second kappa shape index (κ2) is 6.66. The van der Waals surface area contributed by atoms with Crippen LogP contribution in [0.4, 0.5) is 5.82 Å². The number of aromatic nitrogens is 2. The van der Waals surface area contributed by atoms with Crippen molar-refractivity contribution in [3.05, 3.63) is 17.6 Å². The average molecular weight is 283 g/mol. The van der Waals surface area contributed by atoms with E-state index in [-0.39, 0.29) is 0 Å². The van der Waals surface area contributed by atoms with Crippen LogP contribution in [0, 0.1) is 0 Å². The molecule has 2 heterocycles. The van der Waals surface area contributed by atoms with Gasteiger partial charge in [0.05, 0.1) is 5.25 Å². The molecule has 2 unspecified atom stereocenters. The van der Waals surface area contributed by atoms with Crippen molar-refractivity contribution in [1.82, 2.24) is 9.97 Å². The van der Waals surface area contributed by atoms with E-state index in [2.05, 4.69) is 37.1 Å². The number of nitrogens with one attached hydrogen (secondary N) is 1. The molecule has 3 nitrogen and oxygen atoms in total. The minimum absolute atomic E-state index is 0.438. The summed E-state index contributed by atoms with van der Waals surface area (Å²) in [6.45, 7) is 7.44. The van der Waals surface area contributed by atoms with E-state index in [9.17, 15) is 0 Å². The summed E-state index contributed by atoms with van der Waals surface area (Å²) in [7, 11) is 0. The molecule has 1 N–H and O–H groups in total. The Morgan fingerprint density at radius 2 is 2.06 bits per heavy atom. The molecule has 5 heteroatoms. The highest BCUT2D eigenvalue weighted by molar-refractivity contribution is 8.06. The number of nitrogens with zero attached hydrogens (tertiary/aromatic N) is 2. The van der Waals surface area contributed by atoms with Crippen LogP contribution in [0.15, 0.2) is 6.07 Å². The quantitative estimate of drug-likeness (QED) is 0.917. The summed E-state index contributed by atoms with van der Waals surface area (Å²) in [6, 6.07) is 2.07. The van der Waals surface area contributed by atoms with Crippen molar-refractivity contribution in [3.63, 3.8) is 0 Å². The molecular weight excluding hydrogens is 262 g/mol. The topological polar surface area (TPSA) is 37.8 Å². The molecule has 1 aliphatic heterocycles. The van der Waals surface area contributed by atoms with Crippen molar-refractivity contribution in [2.45, 2.75) is 37.7 Å². The summed E-state index contributed by atoms with van der Waals surface area (Å²) in [5.41, 5.74) is 1.14. The predicted octanol–water partition coefficient (Wildman–Crippen LogP) is 3.38. The Bertz CT molecular complexity index is 398. The summed E-state index contributed by atoms with van der Waals surface area (Å²) in [5.74, 6) is 4.43. The number of aryl methyl sites for hydroxylation is 1. The molecule has 1 fully saturated rings. The fourth-order valence-corrected chi connectivity index (χ4v) is 4.70. The van der Waals surface area contributed by atoms with E-state index in [0.29, 0.717) is 10.5 Å². The minimum Gasteiger partial charge on any atom is -0.370 e. The maximum absolute atomic E-state index is 4.72. The molecule has 0 saturated carbocycles. The molecule has 0 radical (unpaired) electrons. The smallest absolute Gasteiger partial charge is 0.145 e. The summed E-state index contributed by atoms with van der Waals surface area (Å²) in [5, 5.41) is 4.35. The Morgan fingerprint density at radius 3 is 2.72 bits per heavy atom. The highest BCUT2D eigenvalue weighted by Crippen LogP contribution is 2.41. The van der Waals surface area contributed by atoms with Gasteiger partial charge in [-0.3, -0.25) is 0 Å². The minimum atomic E-state index is 0.438. The molecule has 100 valence electrons. The monoisotopic (exact) mass is 283 g/mol. The van der Waals surface area contributed by atoms with Gasteiger partial charge in [-0.15, -0.1) is 11.8 Å². The number of anilines is 1. The van der Waals surface area contributed by atoms with Gasteiger partial charge in [-0.2, -0.15) is 11.8 Å². The zero-order chi connectivity index (χ0) is 13.0. The van der Waals surface area contributed by atoms with Crippen LogP contribution in [0.5, 0.6) is 0 Å². The zero-order valence-corrected chi connectivity index (χ0v) is 12.9. The summed E-state index contributed by atoms with van der Waals surface area (Å²) in [6.07, 6.45) is 0.965. The molecule has 0 spiro atoms. The van der Waals surface area contributed by atoms with Gasteiger partial charge < -0.3 is 5.32 Å². The first-order valence-electron chi connectivity index (χ1n) is 6.59. The van der Waals surface area contributed by atoms with Gasteiger partial charge in [0.1, 0.15) is 11.6 Å². The third-order valence-electron chi connectivity index (χ3n) is 2.96. The Hall–Kier alpha value is -0.420. The van der Waals surface area contributed by atoms with Crippen LogP contribution in [-0.4, -0.2) is 33.3 Å². The third kappa shape index (κ3) is 3.32. The van der Waals surface area contributed by atoms with E-state index >= 15 is 0 Å². The molecule has 2 rings (SSSR count). The number of hydrogen-bond donors (Lipinski definition) is 1. The maximum Gasteiger partial charge on any atom is 0.145 e. The second-order valence-corrected chi connectivity index (χ2v) is 7.09. The average Bonchev–Trinajstić information content (AvgIpc) is 2.39. The van der Waals surface area contributed by atoms with E-state index in [1.807, 2.05) is 23.5 Å². The normalized spacial score (nSPS) is 23.9. The van der Waals surface area contributed by atoms with Gasteiger partial charge in [-0.25, -0.2) is 9.97 Å². The van der Waals surface area contributed by atoms with Crippen molar-refractivity contribution in [2.75, 3.05) is 23.4 Å². The van der Waals surface area contributed by atoms with Gasteiger partial charge in [0, 0.05) is 35.1 Å². The molecule has 0 amide bonds. The number of hydrogen-bond acceptors (Lipinski definition) is 5. The highest BCUT2D eigenvalue weighted by atomic mass is 32.2. The lowest BCUT2D eigenvalue weighted by atomic mass is 10.2. The molecule has 1 aromatic rings. The molecule has 2 atom stereocenters. The van der Waals surface area contributed by atoms with Gasteiger partial charge in [-0.1, -0.05) is 13.8 Å². The van der Waals surface area contributed by atoms with Crippen LogP contribution < -0.4 is 5.32 Å². The maximum atomic E-state index is 4.72. The van der Waals surface area contributed by atoms with E-state index in [4.69, 9.17) is 4.98 Å². The van der Waals surface area contributed by atoms with E-state index in [1.54, 1.807) is 0 Å². The first-order chi connectivity index (χ1) is 8.74. The lowest BCUT2D eigenvalue weighted by Crippen LogP contribution is -2.19. The van der Waals surface area contributed by atoms with Crippen molar-refractivity contribution >= 4 is 29.3 Å². The van der Waals surface area contributed by atoms with E-state index < -0.39 is 0 Å². The molecule has 0 aromatic carbocycles. The van der Waals surface area contributed by atoms with Crippen LogP contribution >= 0.6 is 23.5 Å². The Kier molecular flexibility index (Phi) is 5.18. The molecule has 0 aliphatic carbocycles. The van der Waals surface area contributed by atoms with E-state index in [0.717, 1.165) is 30.3 Å². The van der Waals surface area contributed by atoms with Crippen LogP contribution in [0.1, 0.15) is 37.5 Å². The Balaban J connectivity index is 2.27. The lowest BCUT2D eigenvalue weighted by Gasteiger charge is -2.27. The highest BCUT2D eigenvalue weighted by Gasteiger charge is 2.27. The summed E-state index contributed by atoms with van der Waals surface area (Å²) in [4.78, 5) is 9.41. The van der Waals surface area contributed by atoms with Gasteiger partial charge in [0.25, 0.3) is 0 Å². The largest absolute Gasteiger partial charge is 0.370 e. The summed E-state index contributed by atoms with van der Waals surface area (Å²) >= 11 is 4.03. The van der Waals surface area contributed by atoms with Crippen molar-refractivity contribution < 1.29 is 0 Å². The Morgan fingerprint density at radius 1 is 1.28 bits per heavy atom. The van der Waals surface area contributed by atoms with Gasteiger partial charge in [-0.05, 0) is 13.3 Å². The first kappa shape index (κ1) is 14.0. The van der Waals surface area contributed by atoms with Crippen molar-refractivity contribution in [2.24, 2.45) is 0 Å². The zero-order valence-electron chi connectivity index (χ0n) is 11.3. The second-order valence-electron chi connectivity index (χ2n) is 4.35. The lowest BCUT2D eigenvalue weighted by molar-refractivity contribution is 0.804. The Labute approximate surface area is 118 Å². The molecule has 1 aromatic heterocycles. The van der Waals surface area contributed by atoms with Crippen molar-refractivity contribution in [3.8, 4) is 0 Å². The number of rotatable bonds is 4. The summed E-state index contributed by atoms with van der Waals surface area (Å²) < 4.78 is 0. The van der Waals surface area contributed by atoms with E-state index in [1.165, 1.54) is 11.5 Å². The molecular formula is C13H21N3S2. The first-order valence-corrected chi connectivity index (χ1v) is 8.69. The third-order valence-corrected chi connectivity index (χ3v) is 6.05. The molecule has 1 saturated heterocycles. The van der Waals surface area contributed by atoms with Gasteiger partial charge in [0.2, 0.25) is 0 Å². The number of thioether (sulfide) groups is 2. The molecule has 1 aliphatic rings. The van der Waals surface area contributed by atoms with Crippen LogP contribution in [0.25, 0.3) is 0 Å². The van der Waals surface area contributed by atoms with Crippen LogP contribution in [-0.2, 0) is 6.42 Å². The van der Waals surface area contributed by atoms with Gasteiger partial charge in [0.15, 0.2) is 0 Å². The fraction of sp³-hybridized carbons (Fsp3) is 0.692. The molecule has 0 bridgehead atoms. The fourth-order valence-electron chi connectivity index (χ4n) is 2.01.